The molecule has 2 heterocycles. The Bertz CT molecular complexity index is 251. The van der Waals surface area contributed by atoms with Gasteiger partial charge in [0.05, 0.1) is 24.4 Å². The summed E-state index contributed by atoms with van der Waals surface area (Å²) in [5.74, 6) is 0.517. The Balaban J connectivity index is 2.24. The molecule has 1 unspecified atom stereocenters. The Hall–Kier alpha value is -0.120. The van der Waals surface area contributed by atoms with Crippen LogP contribution in [-0.2, 0) is 4.74 Å². The molecule has 0 aromatic heterocycles. The molecule has 3 heteroatoms. The third-order valence-corrected chi connectivity index (χ3v) is 4.51. The van der Waals surface area contributed by atoms with Crippen molar-refractivity contribution in [3.8, 4) is 0 Å². The smallest absolute Gasteiger partial charge is 0.0924 e. The van der Waals surface area contributed by atoms with E-state index in [0.29, 0.717) is 5.92 Å². The monoisotopic (exact) mass is 228 g/mol. The SMILES string of the molecule is CC(C)(C)C1C[C@]2(CO)CC[C@](CO)(C1)O2. The second kappa shape index (κ2) is 3.69. The maximum atomic E-state index is 9.56. The van der Waals surface area contributed by atoms with Crippen LogP contribution in [-0.4, -0.2) is 34.6 Å². The molecule has 2 aliphatic rings. The van der Waals surface area contributed by atoms with Crippen LogP contribution in [0.4, 0.5) is 0 Å². The fraction of sp³-hybridized carbons (Fsp3) is 1.00. The zero-order valence-electron chi connectivity index (χ0n) is 10.6. The fourth-order valence-corrected chi connectivity index (χ4v) is 3.24. The van der Waals surface area contributed by atoms with E-state index >= 15 is 0 Å². The van der Waals surface area contributed by atoms with Crippen LogP contribution in [0.2, 0.25) is 0 Å². The third-order valence-electron chi connectivity index (χ3n) is 4.51. The molecule has 0 spiro atoms. The summed E-state index contributed by atoms with van der Waals surface area (Å²) >= 11 is 0. The molecule has 2 saturated heterocycles. The van der Waals surface area contributed by atoms with Gasteiger partial charge in [-0.2, -0.15) is 0 Å². The average Bonchev–Trinajstić information content (AvgIpc) is 2.51. The van der Waals surface area contributed by atoms with E-state index in [1.165, 1.54) is 0 Å². The van der Waals surface area contributed by atoms with Crippen molar-refractivity contribution in [2.75, 3.05) is 13.2 Å². The van der Waals surface area contributed by atoms with Crippen molar-refractivity contribution < 1.29 is 14.9 Å². The Morgan fingerprint density at radius 2 is 1.50 bits per heavy atom. The number of aliphatic hydroxyl groups is 2. The zero-order valence-corrected chi connectivity index (χ0v) is 10.6. The van der Waals surface area contributed by atoms with Crippen LogP contribution in [0.15, 0.2) is 0 Å². The number of hydrogen-bond donors (Lipinski definition) is 2. The van der Waals surface area contributed by atoms with Gasteiger partial charge in [-0.15, -0.1) is 0 Å². The normalized spacial score (nSPS) is 43.7. The van der Waals surface area contributed by atoms with E-state index in [9.17, 15) is 10.2 Å². The van der Waals surface area contributed by atoms with Gasteiger partial charge >= 0.3 is 0 Å². The van der Waals surface area contributed by atoms with Crippen LogP contribution >= 0.6 is 0 Å². The molecule has 16 heavy (non-hydrogen) atoms. The minimum absolute atomic E-state index is 0.0847. The number of ether oxygens (including phenoxy) is 1. The average molecular weight is 228 g/mol. The fourth-order valence-electron chi connectivity index (χ4n) is 3.24. The summed E-state index contributed by atoms with van der Waals surface area (Å²) in [5.41, 5.74) is -0.535. The van der Waals surface area contributed by atoms with Gasteiger partial charge in [0.1, 0.15) is 0 Å². The van der Waals surface area contributed by atoms with Crippen molar-refractivity contribution in [2.45, 2.75) is 57.7 Å². The Kier molecular flexibility index (Phi) is 2.84. The highest BCUT2D eigenvalue weighted by Gasteiger charge is 2.56. The quantitative estimate of drug-likeness (QED) is 0.756. The molecule has 3 atom stereocenters. The summed E-state index contributed by atoms with van der Waals surface area (Å²) in [6.45, 7) is 6.87. The van der Waals surface area contributed by atoms with E-state index in [0.717, 1.165) is 25.7 Å². The van der Waals surface area contributed by atoms with E-state index in [1.54, 1.807) is 0 Å². The van der Waals surface area contributed by atoms with Crippen LogP contribution in [0.1, 0.15) is 46.5 Å². The minimum Gasteiger partial charge on any atom is -0.393 e. The molecule has 0 saturated carbocycles. The zero-order chi connectivity index (χ0) is 12.0. The van der Waals surface area contributed by atoms with Gasteiger partial charge in [0.2, 0.25) is 0 Å². The van der Waals surface area contributed by atoms with E-state index in [4.69, 9.17) is 4.74 Å². The van der Waals surface area contributed by atoms with Crippen molar-refractivity contribution in [1.82, 2.24) is 0 Å². The van der Waals surface area contributed by atoms with Gasteiger partial charge < -0.3 is 14.9 Å². The van der Waals surface area contributed by atoms with Crippen molar-refractivity contribution in [3.63, 3.8) is 0 Å². The summed E-state index contributed by atoms with van der Waals surface area (Å²) in [6.07, 6.45) is 3.62. The first kappa shape index (κ1) is 12.3. The predicted octanol–water partition coefficient (Wildman–Crippen LogP) is 1.72. The lowest BCUT2D eigenvalue weighted by Gasteiger charge is -2.47. The van der Waals surface area contributed by atoms with Crippen LogP contribution in [0, 0.1) is 11.3 Å². The van der Waals surface area contributed by atoms with Gasteiger partial charge in [-0.25, -0.2) is 0 Å². The standard InChI is InChI=1S/C13H24O3/c1-11(2,3)10-6-12(8-14)4-5-13(7-10,9-15)16-12/h10,14-15H,4-9H2,1-3H3/t10?,12-,13+. The van der Waals surface area contributed by atoms with Gasteiger partial charge in [-0.3, -0.25) is 0 Å². The first-order valence-corrected chi connectivity index (χ1v) is 6.27. The largest absolute Gasteiger partial charge is 0.393 e. The van der Waals surface area contributed by atoms with Crippen LogP contribution < -0.4 is 0 Å². The second-order valence-electron chi connectivity index (χ2n) is 6.76. The predicted molar refractivity (Wildman–Crippen MR) is 62.1 cm³/mol. The van der Waals surface area contributed by atoms with Crippen molar-refractivity contribution in [2.24, 2.45) is 11.3 Å². The van der Waals surface area contributed by atoms with Crippen LogP contribution in [0.5, 0.6) is 0 Å². The van der Waals surface area contributed by atoms with E-state index in [1.807, 2.05) is 0 Å². The molecule has 2 rings (SSSR count). The first-order chi connectivity index (χ1) is 7.35. The molecule has 2 fully saturated rings. The van der Waals surface area contributed by atoms with Crippen LogP contribution in [0.3, 0.4) is 0 Å². The summed E-state index contributed by atoms with van der Waals surface area (Å²) in [7, 11) is 0. The van der Waals surface area contributed by atoms with Crippen molar-refractivity contribution in [3.05, 3.63) is 0 Å². The highest BCUT2D eigenvalue weighted by Crippen LogP contribution is 2.53. The maximum Gasteiger partial charge on any atom is 0.0924 e. The van der Waals surface area contributed by atoms with Gasteiger partial charge in [-0.05, 0) is 37.0 Å². The van der Waals surface area contributed by atoms with E-state index < -0.39 is 0 Å². The Morgan fingerprint density at radius 1 is 1.06 bits per heavy atom. The first-order valence-electron chi connectivity index (χ1n) is 6.27. The molecule has 2 N–H and O–H groups in total. The molecule has 2 bridgehead atoms. The van der Waals surface area contributed by atoms with Gasteiger partial charge in [0, 0.05) is 0 Å². The number of rotatable bonds is 2. The molecule has 0 radical (unpaired) electrons. The topological polar surface area (TPSA) is 49.7 Å². The molecule has 0 aromatic carbocycles. The van der Waals surface area contributed by atoms with E-state index in [-0.39, 0.29) is 29.8 Å². The van der Waals surface area contributed by atoms with Crippen molar-refractivity contribution in [1.29, 1.82) is 0 Å². The van der Waals surface area contributed by atoms with Crippen molar-refractivity contribution >= 4 is 0 Å². The van der Waals surface area contributed by atoms with Crippen LogP contribution in [0.25, 0.3) is 0 Å². The second-order valence-corrected chi connectivity index (χ2v) is 6.76. The summed E-state index contributed by atoms with van der Waals surface area (Å²) < 4.78 is 6.00. The Morgan fingerprint density at radius 3 is 1.81 bits per heavy atom. The lowest BCUT2D eigenvalue weighted by atomic mass is 9.70. The molecule has 94 valence electrons. The van der Waals surface area contributed by atoms with Gasteiger partial charge in [0.25, 0.3) is 0 Å². The molecule has 0 aromatic rings. The number of hydrogen-bond acceptors (Lipinski definition) is 3. The molecular formula is C13H24O3. The molecule has 0 amide bonds. The summed E-state index contributed by atoms with van der Waals surface area (Å²) in [6, 6.07) is 0. The minimum atomic E-state index is -0.376. The summed E-state index contributed by atoms with van der Waals surface area (Å²) in [4.78, 5) is 0. The molecule has 3 nitrogen and oxygen atoms in total. The Labute approximate surface area is 97.8 Å². The maximum absolute atomic E-state index is 9.56. The highest BCUT2D eigenvalue weighted by atomic mass is 16.6. The lowest BCUT2D eigenvalue weighted by Crippen LogP contribution is -2.50. The number of fused-ring (bicyclic) bond motifs is 2. The van der Waals surface area contributed by atoms with Gasteiger partial charge in [-0.1, -0.05) is 20.8 Å². The number of aliphatic hydroxyl groups excluding tert-OH is 2. The molecular weight excluding hydrogens is 204 g/mol. The third kappa shape index (κ3) is 1.89. The van der Waals surface area contributed by atoms with Gasteiger partial charge in [0.15, 0.2) is 0 Å². The summed E-state index contributed by atoms with van der Waals surface area (Å²) in [5, 5.41) is 19.1. The lowest BCUT2D eigenvalue weighted by molar-refractivity contribution is -0.197. The van der Waals surface area contributed by atoms with E-state index in [2.05, 4.69) is 20.8 Å². The molecule has 2 aliphatic heterocycles. The molecule has 0 aliphatic carbocycles. The highest BCUT2D eigenvalue weighted by molar-refractivity contribution is 5.05.